The molecule has 0 radical (unpaired) electrons. The van der Waals surface area contributed by atoms with Gasteiger partial charge in [-0.2, -0.15) is 0 Å². The minimum absolute atomic E-state index is 0.237. The Labute approximate surface area is 97.5 Å². The second-order valence-electron chi connectivity index (χ2n) is 4.13. The molecule has 0 unspecified atom stereocenters. The highest BCUT2D eigenvalue weighted by Crippen LogP contribution is 2.20. The lowest BCUT2D eigenvalue weighted by Crippen LogP contribution is -2.02. The maximum Gasteiger partial charge on any atom is 0.214 e. The van der Waals surface area contributed by atoms with Crippen molar-refractivity contribution in [3.8, 4) is 0 Å². The quantitative estimate of drug-likeness (QED) is 0.727. The molecule has 4 nitrogen and oxygen atoms in total. The van der Waals surface area contributed by atoms with Gasteiger partial charge >= 0.3 is 0 Å². The van der Waals surface area contributed by atoms with Crippen LogP contribution in [0.2, 0.25) is 0 Å². The number of nitrogens with two attached hydrogens (primary N) is 1. The smallest absolute Gasteiger partial charge is 0.214 e. The van der Waals surface area contributed by atoms with Crippen molar-refractivity contribution < 1.29 is 4.39 Å². The summed E-state index contributed by atoms with van der Waals surface area (Å²) >= 11 is 0. The summed E-state index contributed by atoms with van der Waals surface area (Å²) in [5, 5.41) is 0. The lowest BCUT2D eigenvalue weighted by Gasteiger charge is -1.95. The summed E-state index contributed by atoms with van der Waals surface area (Å²) in [5.41, 5.74) is 8.24. The van der Waals surface area contributed by atoms with Crippen LogP contribution >= 0.6 is 0 Å². The molecule has 3 rings (SSSR count). The molecule has 0 saturated carbocycles. The Hall–Kier alpha value is -1.88. The van der Waals surface area contributed by atoms with Gasteiger partial charge in [-0.3, -0.25) is 4.40 Å². The van der Waals surface area contributed by atoms with Crippen LogP contribution in [-0.4, -0.2) is 20.5 Å². The molecule has 1 aromatic carbocycles. The second kappa shape index (κ2) is 3.56. The summed E-state index contributed by atoms with van der Waals surface area (Å²) in [7, 11) is 1.93. The van der Waals surface area contributed by atoms with Crippen molar-refractivity contribution >= 4 is 16.8 Å². The summed E-state index contributed by atoms with van der Waals surface area (Å²) in [6.07, 6.45) is 2.66. The van der Waals surface area contributed by atoms with Gasteiger partial charge in [-0.05, 0) is 18.7 Å². The standard InChI is InChI=1S/C12H13FN4/c1-16-10-3-2-8(13)6-11(10)17-7-9(4-5-14)15-12(16)17/h2-3,6-7H,4-5,14H2,1H3. The number of nitrogens with zero attached hydrogens (tertiary/aromatic N) is 3. The fourth-order valence-corrected chi connectivity index (χ4v) is 2.18. The van der Waals surface area contributed by atoms with Crippen LogP contribution in [0.25, 0.3) is 16.8 Å². The van der Waals surface area contributed by atoms with Gasteiger partial charge in [0.15, 0.2) is 0 Å². The predicted octanol–water partition coefficient (Wildman–Crippen LogP) is 1.47. The lowest BCUT2D eigenvalue weighted by atomic mass is 10.3. The normalized spacial score (nSPS) is 11.7. The lowest BCUT2D eigenvalue weighted by molar-refractivity contribution is 0.629. The molecule has 0 spiro atoms. The van der Waals surface area contributed by atoms with Gasteiger partial charge in [0, 0.05) is 25.7 Å². The first-order chi connectivity index (χ1) is 8.20. The Balaban J connectivity index is 2.36. The van der Waals surface area contributed by atoms with E-state index in [2.05, 4.69) is 4.98 Å². The van der Waals surface area contributed by atoms with E-state index in [0.717, 1.165) is 28.9 Å². The number of imidazole rings is 2. The van der Waals surface area contributed by atoms with E-state index >= 15 is 0 Å². The van der Waals surface area contributed by atoms with Crippen LogP contribution in [0, 0.1) is 5.82 Å². The molecule has 88 valence electrons. The first kappa shape index (κ1) is 10.3. The highest BCUT2D eigenvalue weighted by molar-refractivity contribution is 5.80. The molecule has 0 aliphatic rings. The van der Waals surface area contributed by atoms with Crippen molar-refractivity contribution in [2.24, 2.45) is 12.8 Å². The number of fused-ring (bicyclic) bond motifs is 3. The molecule has 0 saturated heterocycles. The third-order valence-corrected chi connectivity index (χ3v) is 3.00. The summed E-state index contributed by atoms with van der Waals surface area (Å²) in [6, 6.07) is 4.75. The predicted molar refractivity (Wildman–Crippen MR) is 64.4 cm³/mol. The zero-order valence-corrected chi connectivity index (χ0v) is 9.52. The van der Waals surface area contributed by atoms with E-state index in [1.165, 1.54) is 12.1 Å². The van der Waals surface area contributed by atoms with Crippen molar-refractivity contribution in [1.82, 2.24) is 14.0 Å². The van der Waals surface area contributed by atoms with E-state index in [1.54, 1.807) is 6.07 Å². The molecule has 2 aromatic heterocycles. The molecule has 3 aromatic rings. The monoisotopic (exact) mass is 232 g/mol. The van der Waals surface area contributed by atoms with Crippen molar-refractivity contribution in [3.63, 3.8) is 0 Å². The van der Waals surface area contributed by atoms with Crippen molar-refractivity contribution in [1.29, 1.82) is 0 Å². The van der Waals surface area contributed by atoms with Gasteiger partial charge < -0.3 is 10.3 Å². The number of halogens is 1. The van der Waals surface area contributed by atoms with Crippen molar-refractivity contribution in [3.05, 3.63) is 35.9 Å². The van der Waals surface area contributed by atoms with Crippen LogP contribution < -0.4 is 5.73 Å². The van der Waals surface area contributed by atoms with E-state index < -0.39 is 0 Å². The molecule has 0 aliphatic heterocycles. The Kier molecular flexibility index (Phi) is 2.16. The Morgan fingerprint density at radius 3 is 2.94 bits per heavy atom. The van der Waals surface area contributed by atoms with Crippen LogP contribution in [0.5, 0.6) is 0 Å². The average molecular weight is 232 g/mol. The highest BCUT2D eigenvalue weighted by Gasteiger charge is 2.11. The fraction of sp³-hybridized carbons (Fsp3) is 0.250. The maximum absolute atomic E-state index is 13.3. The van der Waals surface area contributed by atoms with Gasteiger partial charge in [0.25, 0.3) is 0 Å². The number of hydrogen-bond acceptors (Lipinski definition) is 2. The fourth-order valence-electron chi connectivity index (χ4n) is 2.18. The maximum atomic E-state index is 13.3. The van der Waals surface area contributed by atoms with E-state index in [0.29, 0.717) is 6.54 Å². The molecule has 2 heterocycles. The topological polar surface area (TPSA) is 48.2 Å². The van der Waals surface area contributed by atoms with Gasteiger partial charge in [-0.1, -0.05) is 0 Å². The number of hydrogen-bond donors (Lipinski definition) is 1. The molecule has 2 N–H and O–H groups in total. The van der Waals surface area contributed by atoms with E-state index in [4.69, 9.17) is 5.73 Å². The summed E-state index contributed by atoms with van der Waals surface area (Å²) in [6.45, 7) is 0.566. The first-order valence-corrected chi connectivity index (χ1v) is 5.52. The van der Waals surface area contributed by atoms with Crippen LogP contribution in [-0.2, 0) is 13.5 Å². The second-order valence-corrected chi connectivity index (χ2v) is 4.13. The number of benzene rings is 1. The van der Waals surface area contributed by atoms with E-state index in [-0.39, 0.29) is 5.82 Å². The molecular formula is C12H13FN4. The van der Waals surface area contributed by atoms with Crippen LogP contribution in [0.15, 0.2) is 24.4 Å². The zero-order valence-electron chi connectivity index (χ0n) is 9.52. The van der Waals surface area contributed by atoms with Gasteiger partial charge in [-0.15, -0.1) is 0 Å². The summed E-state index contributed by atoms with van der Waals surface area (Å²) < 4.78 is 17.1. The van der Waals surface area contributed by atoms with Gasteiger partial charge in [0.2, 0.25) is 5.78 Å². The number of aromatic nitrogens is 3. The molecular weight excluding hydrogens is 219 g/mol. The molecule has 0 amide bonds. The number of aryl methyl sites for hydroxylation is 1. The van der Waals surface area contributed by atoms with Crippen LogP contribution in [0.4, 0.5) is 4.39 Å². The van der Waals surface area contributed by atoms with E-state index in [1.807, 2.05) is 22.2 Å². The molecule has 0 fully saturated rings. The summed E-state index contributed by atoms with van der Waals surface area (Å²) in [4.78, 5) is 4.49. The summed E-state index contributed by atoms with van der Waals surface area (Å²) in [5.74, 6) is 0.577. The highest BCUT2D eigenvalue weighted by atomic mass is 19.1. The van der Waals surface area contributed by atoms with Crippen LogP contribution in [0.1, 0.15) is 5.69 Å². The van der Waals surface area contributed by atoms with Gasteiger partial charge in [-0.25, -0.2) is 9.37 Å². The number of rotatable bonds is 2. The molecule has 0 atom stereocenters. The Morgan fingerprint density at radius 2 is 2.18 bits per heavy atom. The van der Waals surface area contributed by atoms with Gasteiger partial charge in [0.05, 0.1) is 16.7 Å². The Morgan fingerprint density at radius 1 is 1.35 bits per heavy atom. The molecule has 17 heavy (non-hydrogen) atoms. The minimum atomic E-state index is -0.237. The largest absolute Gasteiger partial charge is 0.330 e. The molecule has 5 heteroatoms. The Bertz CT molecular complexity index is 695. The van der Waals surface area contributed by atoms with Gasteiger partial charge in [0.1, 0.15) is 5.82 Å². The molecule has 0 aliphatic carbocycles. The average Bonchev–Trinajstić information content (AvgIpc) is 2.81. The SMILES string of the molecule is Cn1c2ccc(F)cc2n2cc(CCN)nc12. The minimum Gasteiger partial charge on any atom is -0.330 e. The third kappa shape index (κ3) is 1.43. The third-order valence-electron chi connectivity index (χ3n) is 3.00. The molecule has 0 bridgehead atoms. The zero-order chi connectivity index (χ0) is 12.0. The van der Waals surface area contributed by atoms with Crippen molar-refractivity contribution in [2.45, 2.75) is 6.42 Å². The van der Waals surface area contributed by atoms with E-state index in [9.17, 15) is 4.39 Å². The van der Waals surface area contributed by atoms with Crippen LogP contribution in [0.3, 0.4) is 0 Å². The van der Waals surface area contributed by atoms with Crippen molar-refractivity contribution in [2.75, 3.05) is 6.54 Å². The first-order valence-electron chi connectivity index (χ1n) is 5.52.